The van der Waals surface area contributed by atoms with E-state index in [1.54, 1.807) is 0 Å². The third kappa shape index (κ3) is 4.81. The molecule has 0 radical (unpaired) electrons. The first-order chi connectivity index (χ1) is 11.1. The Labute approximate surface area is 136 Å². The van der Waals surface area contributed by atoms with E-state index in [0.717, 1.165) is 16.7 Å². The summed E-state index contributed by atoms with van der Waals surface area (Å²) >= 11 is 0. The van der Waals surface area contributed by atoms with Gasteiger partial charge in [-0.1, -0.05) is 42.5 Å². The quantitative estimate of drug-likeness (QED) is 0.761. The van der Waals surface area contributed by atoms with Crippen LogP contribution in [0.4, 0.5) is 0 Å². The Morgan fingerprint density at radius 1 is 1.13 bits per heavy atom. The van der Waals surface area contributed by atoms with Gasteiger partial charge in [0.2, 0.25) is 0 Å². The SMILES string of the molecule is COC(=O)[C@@H](N)Cc1ccc(CN)c(OCc2ccccc2)c1. The smallest absolute Gasteiger partial charge is 0.322 e. The van der Waals surface area contributed by atoms with Crippen LogP contribution in [-0.4, -0.2) is 19.1 Å². The van der Waals surface area contributed by atoms with E-state index in [-0.39, 0.29) is 0 Å². The minimum atomic E-state index is -0.689. The van der Waals surface area contributed by atoms with Gasteiger partial charge in [-0.2, -0.15) is 0 Å². The van der Waals surface area contributed by atoms with Gasteiger partial charge in [-0.15, -0.1) is 0 Å². The molecule has 0 bridgehead atoms. The normalized spacial score (nSPS) is 11.8. The van der Waals surface area contributed by atoms with Crippen molar-refractivity contribution in [2.45, 2.75) is 25.6 Å². The summed E-state index contributed by atoms with van der Waals surface area (Å²) in [6.45, 7) is 0.841. The highest BCUT2D eigenvalue weighted by Crippen LogP contribution is 2.22. The van der Waals surface area contributed by atoms with Crippen molar-refractivity contribution >= 4 is 5.97 Å². The van der Waals surface area contributed by atoms with Crippen molar-refractivity contribution in [3.05, 3.63) is 65.2 Å². The number of nitrogens with two attached hydrogens (primary N) is 2. The zero-order valence-electron chi connectivity index (χ0n) is 13.2. The fourth-order valence-corrected chi connectivity index (χ4v) is 2.25. The molecule has 0 saturated heterocycles. The van der Waals surface area contributed by atoms with Crippen molar-refractivity contribution in [1.82, 2.24) is 0 Å². The average Bonchev–Trinajstić information content (AvgIpc) is 2.60. The third-order valence-corrected chi connectivity index (χ3v) is 3.55. The van der Waals surface area contributed by atoms with Crippen molar-refractivity contribution < 1.29 is 14.3 Å². The largest absolute Gasteiger partial charge is 0.489 e. The number of carbonyl (C=O) groups excluding carboxylic acids is 1. The lowest BCUT2D eigenvalue weighted by molar-refractivity contribution is -0.142. The predicted molar refractivity (Wildman–Crippen MR) is 88.8 cm³/mol. The van der Waals surface area contributed by atoms with Crippen LogP contribution in [0.2, 0.25) is 0 Å². The summed E-state index contributed by atoms with van der Waals surface area (Å²) in [5.74, 6) is 0.283. The number of methoxy groups -OCH3 is 1. The topological polar surface area (TPSA) is 87.6 Å². The molecule has 0 aromatic heterocycles. The number of benzene rings is 2. The van der Waals surface area contributed by atoms with Gasteiger partial charge in [-0.05, 0) is 23.6 Å². The standard InChI is InChI=1S/C18H22N2O3/c1-22-18(21)16(20)9-14-7-8-15(11-19)17(10-14)23-12-13-5-3-2-4-6-13/h2-8,10,16H,9,11-12,19-20H2,1H3/t16-/m0/s1. The van der Waals surface area contributed by atoms with Crippen molar-refractivity contribution in [1.29, 1.82) is 0 Å². The Bertz CT molecular complexity index is 644. The van der Waals surface area contributed by atoms with Crippen LogP contribution >= 0.6 is 0 Å². The molecule has 5 nitrogen and oxygen atoms in total. The summed E-state index contributed by atoms with van der Waals surface area (Å²) in [6.07, 6.45) is 0.388. The summed E-state index contributed by atoms with van der Waals surface area (Å²) in [7, 11) is 1.33. The number of esters is 1. The van der Waals surface area contributed by atoms with Gasteiger partial charge in [0.1, 0.15) is 18.4 Å². The molecule has 0 amide bonds. The lowest BCUT2D eigenvalue weighted by atomic mass is 10.0. The second kappa shape index (κ2) is 8.31. The molecule has 0 fully saturated rings. The number of rotatable bonds is 7. The first kappa shape index (κ1) is 17.0. The summed E-state index contributed by atoms with van der Waals surface area (Å²) in [4.78, 5) is 11.4. The zero-order valence-corrected chi connectivity index (χ0v) is 13.2. The molecule has 23 heavy (non-hydrogen) atoms. The van der Waals surface area contributed by atoms with Gasteiger partial charge in [-0.3, -0.25) is 4.79 Å². The van der Waals surface area contributed by atoms with Crippen molar-refractivity contribution in [2.24, 2.45) is 11.5 Å². The van der Waals surface area contributed by atoms with Crippen LogP contribution in [0.15, 0.2) is 48.5 Å². The van der Waals surface area contributed by atoms with Crippen LogP contribution in [0.25, 0.3) is 0 Å². The Kier molecular flexibility index (Phi) is 6.14. The van der Waals surface area contributed by atoms with Crippen LogP contribution in [0.3, 0.4) is 0 Å². The van der Waals surface area contributed by atoms with E-state index in [9.17, 15) is 4.79 Å². The molecular weight excluding hydrogens is 292 g/mol. The maximum atomic E-state index is 11.4. The maximum Gasteiger partial charge on any atom is 0.322 e. The molecule has 0 aliphatic rings. The number of carbonyl (C=O) groups is 1. The Balaban J connectivity index is 2.10. The minimum absolute atomic E-state index is 0.382. The highest BCUT2D eigenvalue weighted by atomic mass is 16.5. The van der Waals surface area contributed by atoms with E-state index in [0.29, 0.717) is 25.3 Å². The minimum Gasteiger partial charge on any atom is -0.489 e. The van der Waals surface area contributed by atoms with Gasteiger partial charge in [0.05, 0.1) is 7.11 Å². The van der Waals surface area contributed by atoms with Crippen LogP contribution in [0.1, 0.15) is 16.7 Å². The van der Waals surface area contributed by atoms with Gasteiger partial charge in [0, 0.05) is 12.1 Å². The molecule has 2 aromatic carbocycles. The van der Waals surface area contributed by atoms with E-state index in [1.165, 1.54) is 7.11 Å². The molecule has 0 spiro atoms. The zero-order chi connectivity index (χ0) is 16.7. The maximum absolute atomic E-state index is 11.4. The van der Waals surface area contributed by atoms with Crippen LogP contribution in [0.5, 0.6) is 5.75 Å². The molecule has 0 saturated carbocycles. The Morgan fingerprint density at radius 2 is 1.87 bits per heavy atom. The summed E-state index contributed by atoms with van der Waals surface area (Å²) in [5.41, 5.74) is 14.5. The second-order valence-corrected chi connectivity index (χ2v) is 5.25. The summed E-state index contributed by atoms with van der Waals surface area (Å²) < 4.78 is 10.5. The van der Waals surface area contributed by atoms with E-state index in [2.05, 4.69) is 4.74 Å². The van der Waals surface area contributed by atoms with E-state index in [1.807, 2.05) is 48.5 Å². The number of hydrogen-bond acceptors (Lipinski definition) is 5. The van der Waals surface area contributed by atoms with Gasteiger partial charge >= 0.3 is 5.97 Å². The molecule has 4 N–H and O–H groups in total. The average molecular weight is 314 g/mol. The third-order valence-electron chi connectivity index (χ3n) is 3.55. The van der Waals surface area contributed by atoms with Gasteiger partial charge < -0.3 is 20.9 Å². The Hall–Kier alpha value is -2.37. The van der Waals surface area contributed by atoms with Gasteiger partial charge in [0.15, 0.2) is 0 Å². The number of hydrogen-bond donors (Lipinski definition) is 2. The van der Waals surface area contributed by atoms with Crippen LogP contribution in [0, 0.1) is 0 Å². The molecule has 0 aliphatic heterocycles. The molecule has 0 heterocycles. The van der Waals surface area contributed by atoms with Crippen LogP contribution in [-0.2, 0) is 29.1 Å². The first-order valence-corrected chi connectivity index (χ1v) is 7.46. The fraction of sp³-hybridized carbons (Fsp3) is 0.278. The molecule has 5 heteroatoms. The van der Waals surface area contributed by atoms with E-state index >= 15 is 0 Å². The molecular formula is C18H22N2O3. The fourth-order valence-electron chi connectivity index (χ4n) is 2.25. The summed E-state index contributed by atoms with van der Waals surface area (Å²) in [5, 5.41) is 0. The first-order valence-electron chi connectivity index (χ1n) is 7.46. The van der Waals surface area contributed by atoms with Crippen molar-refractivity contribution in [3.63, 3.8) is 0 Å². The molecule has 1 atom stereocenters. The highest BCUT2D eigenvalue weighted by molar-refractivity contribution is 5.75. The summed E-state index contributed by atoms with van der Waals surface area (Å²) in [6, 6.07) is 14.9. The predicted octanol–water partition coefficient (Wildman–Crippen LogP) is 1.77. The van der Waals surface area contributed by atoms with Crippen molar-refractivity contribution in [3.8, 4) is 5.75 Å². The highest BCUT2D eigenvalue weighted by Gasteiger charge is 2.15. The molecule has 0 aliphatic carbocycles. The van der Waals surface area contributed by atoms with Gasteiger partial charge in [0.25, 0.3) is 0 Å². The molecule has 2 rings (SSSR count). The van der Waals surface area contributed by atoms with E-state index < -0.39 is 12.0 Å². The lowest BCUT2D eigenvalue weighted by Gasteiger charge is -2.14. The number of ether oxygens (including phenoxy) is 2. The molecule has 0 unspecified atom stereocenters. The molecule has 2 aromatic rings. The van der Waals surface area contributed by atoms with E-state index in [4.69, 9.17) is 16.2 Å². The van der Waals surface area contributed by atoms with Crippen LogP contribution < -0.4 is 16.2 Å². The monoisotopic (exact) mass is 314 g/mol. The van der Waals surface area contributed by atoms with Gasteiger partial charge in [-0.25, -0.2) is 0 Å². The Morgan fingerprint density at radius 3 is 2.52 bits per heavy atom. The lowest BCUT2D eigenvalue weighted by Crippen LogP contribution is -2.33. The van der Waals surface area contributed by atoms with Crippen molar-refractivity contribution in [2.75, 3.05) is 7.11 Å². The molecule has 122 valence electrons. The second-order valence-electron chi connectivity index (χ2n) is 5.25.